The fourth-order valence-corrected chi connectivity index (χ4v) is 2.97. The van der Waals surface area contributed by atoms with Gasteiger partial charge in [-0.2, -0.15) is 0 Å². The first-order chi connectivity index (χ1) is 13.0. The van der Waals surface area contributed by atoms with Gasteiger partial charge < -0.3 is 19.7 Å². The van der Waals surface area contributed by atoms with Gasteiger partial charge in [-0.1, -0.05) is 6.07 Å². The molecule has 140 valence electrons. The van der Waals surface area contributed by atoms with Crippen LogP contribution in [0.15, 0.2) is 48.5 Å². The molecule has 3 rings (SSSR count). The van der Waals surface area contributed by atoms with Crippen LogP contribution in [0.25, 0.3) is 0 Å². The highest BCUT2D eigenvalue weighted by atomic mass is 16.5. The number of esters is 1. The topological polar surface area (TPSA) is 84.9 Å². The van der Waals surface area contributed by atoms with Crippen LogP contribution >= 0.6 is 0 Å². The van der Waals surface area contributed by atoms with Crippen LogP contribution in [0.4, 0.5) is 11.4 Å². The molecular formula is C20H20N2O5. The SMILES string of the molecule is COC(=O)c1ccc(N2CC(C(=O)Nc3cccc(OC)c3)CC2=O)cc1. The maximum Gasteiger partial charge on any atom is 0.337 e. The number of benzene rings is 2. The van der Waals surface area contributed by atoms with Gasteiger partial charge in [-0.05, 0) is 36.4 Å². The zero-order chi connectivity index (χ0) is 19.4. The predicted octanol–water partition coefficient (Wildman–Crippen LogP) is 2.47. The standard InChI is InChI=1S/C20H20N2O5/c1-26-17-5-3-4-15(11-17)21-19(24)14-10-18(23)22(12-14)16-8-6-13(7-9-16)20(25)27-2/h3-9,11,14H,10,12H2,1-2H3,(H,21,24). The normalized spacial score (nSPS) is 16.1. The molecule has 1 saturated heterocycles. The number of nitrogens with one attached hydrogen (secondary N) is 1. The summed E-state index contributed by atoms with van der Waals surface area (Å²) in [5.41, 5.74) is 1.66. The second kappa shape index (κ2) is 7.90. The fraction of sp³-hybridized carbons (Fsp3) is 0.250. The highest BCUT2D eigenvalue weighted by Gasteiger charge is 2.35. The molecular weight excluding hydrogens is 348 g/mol. The number of methoxy groups -OCH3 is 2. The molecule has 7 nitrogen and oxygen atoms in total. The molecule has 0 saturated carbocycles. The summed E-state index contributed by atoms with van der Waals surface area (Å²) in [6, 6.07) is 13.6. The second-order valence-electron chi connectivity index (χ2n) is 6.17. The van der Waals surface area contributed by atoms with Gasteiger partial charge in [-0.25, -0.2) is 4.79 Å². The number of carbonyl (C=O) groups is 3. The van der Waals surface area contributed by atoms with Gasteiger partial charge in [0.25, 0.3) is 0 Å². The third-order valence-electron chi connectivity index (χ3n) is 4.43. The smallest absolute Gasteiger partial charge is 0.337 e. The van der Waals surface area contributed by atoms with Crippen molar-refractivity contribution in [2.45, 2.75) is 6.42 Å². The lowest BCUT2D eigenvalue weighted by Crippen LogP contribution is -2.28. The Balaban J connectivity index is 1.67. The molecule has 2 aromatic rings. The molecule has 1 heterocycles. The molecule has 0 aromatic heterocycles. The van der Waals surface area contributed by atoms with Gasteiger partial charge in [0.2, 0.25) is 11.8 Å². The van der Waals surface area contributed by atoms with Gasteiger partial charge >= 0.3 is 5.97 Å². The zero-order valence-electron chi connectivity index (χ0n) is 15.1. The van der Waals surface area contributed by atoms with E-state index in [4.69, 9.17) is 4.74 Å². The predicted molar refractivity (Wildman–Crippen MR) is 99.9 cm³/mol. The summed E-state index contributed by atoms with van der Waals surface area (Å²) >= 11 is 0. The Morgan fingerprint density at radius 1 is 1.11 bits per heavy atom. The van der Waals surface area contributed by atoms with E-state index in [9.17, 15) is 14.4 Å². The van der Waals surface area contributed by atoms with E-state index in [1.54, 1.807) is 60.5 Å². The van der Waals surface area contributed by atoms with Gasteiger partial charge in [-0.15, -0.1) is 0 Å². The van der Waals surface area contributed by atoms with Crippen molar-refractivity contribution in [3.63, 3.8) is 0 Å². The Bertz CT molecular complexity index is 863. The summed E-state index contributed by atoms with van der Waals surface area (Å²) in [6.07, 6.45) is 0.133. The van der Waals surface area contributed by atoms with Crippen LogP contribution in [0, 0.1) is 5.92 Å². The Morgan fingerprint density at radius 2 is 1.85 bits per heavy atom. The molecule has 0 radical (unpaired) electrons. The van der Waals surface area contributed by atoms with Crippen LogP contribution in [-0.2, 0) is 14.3 Å². The minimum atomic E-state index is -0.455. The van der Waals surface area contributed by atoms with E-state index in [1.165, 1.54) is 7.11 Å². The highest BCUT2D eigenvalue weighted by molar-refractivity contribution is 6.03. The third-order valence-corrected chi connectivity index (χ3v) is 4.43. The van der Waals surface area contributed by atoms with E-state index in [0.717, 1.165) is 0 Å². The van der Waals surface area contributed by atoms with Crippen molar-refractivity contribution in [3.8, 4) is 5.75 Å². The molecule has 1 fully saturated rings. The van der Waals surface area contributed by atoms with Crippen molar-refractivity contribution in [2.24, 2.45) is 5.92 Å². The number of hydrogen-bond acceptors (Lipinski definition) is 5. The van der Waals surface area contributed by atoms with E-state index in [-0.39, 0.29) is 24.8 Å². The lowest BCUT2D eigenvalue weighted by Gasteiger charge is -2.17. The summed E-state index contributed by atoms with van der Waals surface area (Å²) in [5, 5.41) is 2.82. The van der Waals surface area contributed by atoms with Gasteiger partial charge in [0.15, 0.2) is 0 Å². The van der Waals surface area contributed by atoms with Gasteiger partial charge in [0.1, 0.15) is 5.75 Å². The summed E-state index contributed by atoms with van der Waals surface area (Å²) in [4.78, 5) is 37.9. The van der Waals surface area contributed by atoms with Crippen molar-refractivity contribution in [2.75, 3.05) is 31.0 Å². The molecule has 1 N–H and O–H groups in total. The Morgan fingerprint density at radius 3 is 2.52 bits per heavy atom. The second-order valence-corrected chi connectivity index (χ2v) is 6.17. The number of nitrogens with zero attached hydrogens (tertiary/aromatic N) is 1. The first-order valence-corrected chi connectivity index (χ1v) is 8.45. The van der Waals surface area contributed by atoms with E-state index in [2.05, 4.69) is 10.1 Å². The molecule has 0 bridgehead atoms. The van der Waals surface area contributed by atoms with Crippen LogP contribution < -0.4 is 15.0 Å². The van der Waals surface area contributed by atoms with E-state index in [1.807, 2.05) is 0 Å². The first kappa shape index (κ1) is 18.4. The average molecular weight is 368 g/mol. The molecule has 27 heavy (non-hydrogen) atoms. The molecule has 0 spiro atoms. The number of ether oxygens (including phenoxy) is 2. The number of rotatable bonds is 5. The van der Waals surface area contributed by atoms with Crippen molar-refractivity contribution in [3.05, 3.63) is 54.1 Å². The number of anilines is 2. The first-order valence-electron chi connectivity index (χ1n) is 8.45. The summed E-state index contributed by atoms with van der Waals surface area (Å²) < 4.78 is 9.80. The Labute approximate surface area is 156 Å². The minimum Gasteiger partial charge on any atom is -0.497 e. The molecule has 0 aliphatic carbocycles. The quantitative estimate of drug-likeness (QED) is 0.820. The molecule has 1 aliphatic rings. The minimum absolute atomic E-state index is 0.133. The molecule has 2 aromatic carbocycles. The van der Waals surface area contributed by atoms with Crippen LogP contribution in [0.2, 0.25) is 0 Å². The summed E-state index contributed by atoms with van der Waals surface area (Å²) in [7, 11) is 2.87. The number of carbonyl (C=O) groups excluding carboxylic acids is 3. The molecule has 1 aliphatic heterocycles. The summed E-state index contributed by atoms with van der Waals surface area (Å²) in [5.74, 6) is -0.603. The summed E-state index contributed by atoms with van der Waals surface area (Å²) in [6.45, 7) is 0.284. The van der Waals surface area contributed by atoms with Crippen LogP contribution in [-0.4, -0.2) is 38.5 Å². The van der Waals surface area contributed by atoms with E-state index < -0.39 is 11.9 Å². The molecule has 1 atom stereocenters. The van der Waals surface area contributed by atoms with Crippen molar-refractivity contribution in [1.82, 2.24) is 0 Å². The lowest BCUT2D eigenvalue weighted by molar-refractivity contribution is -0.122. The van der Waals surface area contributed by atoms with Crippen molar-refractivity contribution < 1.29 is 23.9 Å². The van der Waals surface area contributed by atoms with Crippen LogP contribution in [0.3, 0.4) is 0 Å². The Kier molecular flexibility index (Phi) is 5.40. The number of hydrogen-bond donors (Lipinski definition) is 1. The monoisotopic (exact) mass is 368 g/mol. The Hall–Kier alpha value is -3.35. The lowest BCUT2D eigenvalue weighted by atomic mass is 10.1. The van der Waals surface area contributed by atoms with Gasteiger partial charge in [0, 0.05) is 30.4 Å². The highest BCUT2D eigenvalue weighted by Crippen LogP contribution is 2.27. The van der Waals surface area contributed by atoms with E-state index in [0.29, 0.717) is 22.7 Å². The molecule has 2 amide bonds. The largest absolute Gasteiger partial charge is 0.497 e. The van der Waals surface area contributed by atoms with Crippen LogP contribution in [0.1, 0.15) is 16.8 Å². The fourth-order valence-electron chi connectivity index (χ4n) is 2.97. The zero-order valence-corrected chi connectivity index (χ0v) is 15.1. The maximum atomic E-state index is 12.5. The van der Waals surface area contributed by atoms with Gasteiger partial charge in [-0.3, -0.25) is 9.59 Å². The average Bonchev–Trinajstić information content (AvgIpc) is 3.09. The van der Waals surface area contributed by atoms with Gasteiger partial charge in [0.05, 0.1) is 25.7 Å². The third kappa shape index (κ3) is 4.08. The number of amides is 2. The van der Waals surface area contributed by atoms with E-state index >= 15 is 0 Å². The van der Waals surface area contributed by atoms with Crippen molar-refractivity contribution in [1.29, 1.82) is 0 Å². The molecule has 1 unspecified atom stereocenters. The van der Waals surface area contributed by atoms with Crippen LogP contribution in [0.5, 0.6) is 5.75 Å². The maximum absolute atomic E-state index is 12.5. The van der Waals surface area contributed by atoms with Crippen molar-refractivity contribution >= 4 is 29.2 Å². The molecule has 7 heteroatoms.